The molecule has 0 heterocycles. The molecule has 0 radical (unpaired) electrons. The van der Waals surface area contributed by atoms with Gasteiger partial charge in [0.2, 0.25) is 0 Å². The van der Waals surface area contributed by atoms with Crippen LogP contribution in [0.5, 0.6) is 0 Å². The number of hydrogen-bond donors (Lipinski definition) is 0. The molecule has 0 N–H and O–H groups in total. The molecule has 0 spiro atoms. The third kappa shape index (κ3) is 9.57. The van der Waals surface area contributed by atoms with Crippen molar-refractivity contribution in [1.82, 2.24) is 0 Å². The Balaban J connectivity index is 5.05. The zero-order chi connectivity index (χ0) is 18.6. The van der Waals surface area contributed by atoms with Gasteiger partial charge in [-0.05, 0) is 46.5 Å². The van der Waals surface area contributed by atoms with Crippen LogP contribution in [0.15, 0.2) is 12.7 Å². The van der Waals surface area contributed by atoms with Gasteiger partial charge in [0, 0.05) is 30.4 Å². The van der Waals surface area contributed by atoms with Crippen molar-refractivity contribution in [2.45, 2.75) is 91.6 Å². The fraction of sp³-hybridized carbons (Fsp3) is 0.833. The van der Waals surface area contributed by atoms with Gasteiger partial charge < -0.3 is 18.0 Å². The summed E-state index contributed by atoms with van der Waals surface area (Å²) in [7, 11) is -2.85. The predicted molar refractivity (Wildman–Crippen MR) is 98.8 cm³/mol. The van der Waals surface area contributed by atoms with E-state index in [1.165, 1.54) is 6.08 Å². The highest BCUT2D eigenvalue weighted by molar-refractivity contribution is 6.60. The first-order valence-electron chi connectivity index (χ1n) is 9.14. The van der Waals surface area contributed by atoms with E-state index in [1.54, 1.807) is 0 Å². The highest BCUT2D eigenvalue weighted by Gasteiger charge is 2.44. The lowest BCUT2D eigenvalue weighted by molar-refractivity contribution is -0.137. The Hall–Kier alpha value is -0.693. The summed E-state index contributed by atoms with van der Waals surface area (Å²) >= 11 is 0. The molecule has 0 fully saturated rings. The highest BCUT2D eigenvalue weighted by Crippen LogP contribution is 2.26. The summed E-state index contributed by atoms with van der Waals surface area (Å²) in [5, 5.41) is 0. The first-order chi connectivity index (χ1) is 11.3. The van der Waals surface area contributed by atoms with Crippen LogP contribution in [0.25, 0.3) is 0 Å². The maximum Gasteiger partial charge on any atom is 0.501 e. The van der Waals surface area contributed by atoms with Crippen molar-refractivity contribution in [3.63, 3.8) is 0 Å². The molecule has 0 amide bonds. The van der Waals surface area contributed by atoms with Crippen molar-refractivity contribution in [2.24, 2.45) is 0 Å². The van der Waals surface area contributed by atoms with E-state index in [2.05, 4.69) is 27.4 Å². The molecule has 0 aliphatic carbocycles. The summed E-state index contributed by atoms with van der Waals surface area (Å²) in [4.78, 5) is 11.2. The second kappa shape index (κ2) is 12.6. The van der Waals surface area contributed by atoms with Gasteiger partial charge in [0.25, 0.3) is 0 Å². The molecular weight excluding hydrogens is 324 g/mol. The number of carbonyl (C=O) groups excluding carboxylic acids is 1. The molecule has 0 aliphatic rings. The lowest BCUT2D eigenvalue weighted by Gasteiger charge is -2.36. The van der Waals surface area contributed by atoms with Gasteiger partial charge in [-0.3, -0.25) is 0 Å². The predicted octanol–water partition coefficient (Wildman–Crippen LogP) is 4.49. The molecule has 0 aromatic heterocycles. The van der Waals surface area contributed by atoms with E-state index in [0.29, 0.717) is 19.1 Å². The van der Waals surface area contributed by atoms with Gasteiger partial charge in [0.05, 0.1) is 6.61 Å². The maximum atomic E-state index is 11.2. The Labute approximate surface area is 149 Å². The third-order valence-electron chi connectivity index (χ3n) is 3.91. The van der Waals surface area contributed by atoms with Crippen LogP contribution in [0.3, 0.4) is 0 Å². The normalized spacial score (nSPS) is 17.6. The van der Waals surface area contributed by atoms with Crippen molar-refractivity contribution in [3.05, 3.63) is 12.7 Å². The van der Waals surface area contributed by atoms with Crippen LogP contribution in [-0.2, 0) is 22.8 Å². The van der Waals surface area contributed by atoms with Gasteiger partial charge in [-0.2, -0.15) is 0 Å². The average Bonchev–Trinajstić information content (AvgIpc) is 2.57. The minimum absolute atomic E-state index is 0.0699. The van der Waals surface area contributed by atoms with Gasteiger partial charge in [-0.1, -0.05) is 27.4 Å². The van der Waals surface area contributed by atoms with Crippen LogP contribution in [0.1, 0.15) is 67.2 Å². The van der Waals surface area contributed by atoms with Crippen LogP contribution in [0, 0.1) is 0 Å². The Bertz CT molecular complexity index is 330. The summed E-state index contributed by atoms with van der Waals surface area (Å²) < 4.78 is 24.0. The third-order valence-corrected chi connectivity index (χ3v) is 7.16. The Morgan fingerprint density at radius 2 is 1.38 bits per heavy atom. The maximum absolute atomic E-state index is 11.2. The van der Waals surface area contributed by atoms with E-state index >= 15 is 0 Å². The number of hydrogen-bond acceptors (Lipinski definition) is 5. The van der Waals surface area contributed by atoms with Gasteiger partial charge >= 0.3 is 14.8 Å². The fourth-order valence-electron chi connectivity index (χ4n) is 1.95. The van der Waals surface area contributed by atoms with Crippen LogP contribution in [0.2, 0.25) is 6.04 Å². The fourth-order valence-corrected chi connectivity index (χ4v) is 5.39. The van der Waals surface area contributed by atoms with E-state index in [9.17, 15) is 4.79 Å². The Morgan fingerprint density at radius 3 is 1.71 bits per heavy atom. The molecule has 0 saturated carbocycles. The zero-order valence-electron chi connectivity index (χ0n) is 16.3. The molecule has 0 aromatic rings. The standard InChI is InChI=1S/C18H36O5Si/c1-8-15(5)21-24(22-16(6)9-2,23-17(7)10-3)14-12-13-20-18(19)11-4/h11,15-17H,4,8-10,12-14H2,1-3,5-7H3. The summed E-state index contributed by atoms with van der Waals surface area (Å²) in [6.07, 6.45) is 4.72. The molecule has 0 saturated heterocycles. The molecular formula is C18H36O5Si. The molecule has 0 aromatic carbocycles. The minimum atomic E-state index is -2.85. The zero-order valence-corrected chi connectivity index (χ0v) is 17.3. The smallest absolute Gasteiger partial charge is 0.463 e. The van der Waals surface area contributed by atoms with Crippen LogP contribution >= 0.6 is 0 Å². The summed E-state index contributed by atoms with van der Waals surface area (Å²) in [6.45, 7) is 16.1. The molecule has 142 valence electrons. The van der Waals surface area contributed by atoms with Gasteiger partial charge in [0.1, 0.15) is 0 Å². The second-order valence-corrected chi connectivity index (χ2v) is 8.74. The van der Waals surface area contributed by atoms with Crippen molar-refractivity contribution in [1.29, 1.82) is 0 Å². The highest BCUT2D eigenvalue weighted by atomic mass is 28.4. The molecule has 5 nitrogen and oxygen atoms in total. The topological polar surface area (TPSA) is 54.0 Å². The van der Waals surface area contributed by atoms with E-state index in [1.807, 2.05) is 20.8 Å². The number of carbonyl (C=O) groups is 1. The first kappa shape index (κ1) is 23.3. The molecule has 3 unspecified atom stereocenters. The number of rotatable bonds is 14. The van der Waals surface area contributed by atoms with Crippen molar-refractivity contribution >= 4 is 14.8 Å². The van der Waals surface area contributed by atoms with Gasteiger partial charge in [0.15, 0.2) is 0 Å². The second-order valence-electron chi connectivity index (χ2n) is 6.17. The SMILES string of the molecule is C=CC(=O)OCCC[Si](OC(C)CC)(OC(C)CC)OC(C)CC. The van der Waals surface area contributed by atoms with E-state index in [0.717, 1.165) is 19.3 Å². The molecule has 3 atom stereocenters. The molecule has 0 bridgehead atoms. The van der Waals surface area contributed by atoms with E-state index < -0.39 is 14.8 Å². The Kier molecular flexibility index (Phi) is 12.3. The monoisotopic (exact) mass is 360 g/mol. The molecule has 6 heteroatoms. The number of esters is 1. The van der Waals surface area contributed by atoms with Gasteiger partial charge in [-0.25, -0.2) is 4.79 Å². The average molecular weight is 361 g/mol. The lowest BCUT2D eigenvalue weighted by atomic mass is 10.3. The van der Waals surface area contributed by atoms with Crippen LogP contribution in [0.4, 0.5) is 0 Å². The summed E-state index contributed by atoms with van der Waals surface area (Å²) in [5.74, 6) is -0.407. The van der Waals surface area contributed by atoms with Crippen molar-refractivity contribution in [3.8, 4) is 0 Å². The van der Waals surface area contributed by atoms with Crippen molar-refractivity contribution in [2.75, 3.05) is 6.61 Å². The molecule has 0 rings (SSSR count). The molecule has 24 heavy (non-hydrogen) atoms. The Morgan fingerprint density at radius 1 is 0.958 bits per heavy atom. The van der Waals surface area contributed by atoms with Crippen LogP contribution in [-0.4, -0.2) is 39.7 Å². The van der Waals surface area contributed by atoms with Gasteiger partial charge in [-0.15, -0.1) is 0 Å². The van der Waals surface area contributed by atoms with E-state index in [4.69, 9.17) is 18.0 Å². The van der Waals surface area contributed by atoms with Crippen molar-refractivity contribution < 1.29 is 22.8 Å². The summed E-state index contributed by atoms with van der Waals surface area (Å²) in [5.41, 5.74) is 0. The minimum Gasteiger partial charge on any atom is -0.463 e. The van der Waals surface area contributed by atoms with Crippen LogP contribution < -0.4 is 0 Å². The molecule has 0 aliphatic heterocycles. The lowest BCUT2D eigenvalue weighted by Crippen LogP contribution is -2.51. The number of ether oxygens (including phenoxy) is 1. The quantitative estimate of drug-likeness (QED) is 0.198. The summed E-state index contributed by atoms with van der Waals surface area (Å²) in [6, 6.07) is 0.635. The largest absolute Gasteiger partial charge is 0.501 e. The first-order valence-corrected chi connectivity index (χ1v) is 11.1. The van der Waals surface area contributed by atoms with E-state index in [-0.39, 0.29) is 18.3 Å².